The Morgan fingerprint density at radius 3 is 2.88 bits per heavy atom. The minimum atomic E-state index is -0.397. The van der Waals surface area contributed by atoms with Crippen molar-refractivity contribution in [2.45, 2.75) is 25.6 Å². The quantitative estimate of drug-likeness (QED) is 0.825. The highest BCUT2D eigenvalue weighted by molar-refractivity contribution is 6.30. The predicted octanol–water partition coefficient (Wildman–Crippen LogP) is 4.30. The van der Waals surface area contributed by atoms with Crippen molar-refractivity contribution in [2.24, 2.45) is 0 Å². The molecule has 24 heavy (non-hydrogen) atoms. The Morgan fingerprint density at radius 1 is 1.25 bits per heavy atom. The Morgan fingerprint density at radius 2 is 2.08 bits per heavy atom. The van der Waals surface area contributed by atoms with Gasteiger partial charge >= 0.3 is 0 Å². The number of rotatable bonds is 4. The molecule has 1 atom stereocenters. The van der Waals surface area contributed by atoms with Gasteiger partial charge in [0, 0.05) is 23.7 Å². The molecule has 0 aliphatic carbocycles. The first-order valence-corrected chi connectivity index (χ1v) is 8.40. The maximum Gasteiger partial charge on any atom is 0.254 e. The lowest BCUT2D eigenvalue weighted by atomic mass is 10.1. The molecule has 2 aromatic rings. The third kappa shape index (κ3) is 4.34. The fourth-order valence-electron chi connectivity index (χ4n) is 2.90. The van der Waals surface area contributed by atoms with E-state index in [1.165, 1.54) is 12.1 Å². The fraction of sp³-hybridized carbons (Fsp3) is 0.316. The highest BCUT2D eigenvalue weighted by Gasteiger charge is 2.25. The summed E-state index contributed by atoms with van der Waals surface area (Å²) in [4.78, 5) is 14.2. The normalized spacial score (nSPS) is 17.8. The highest BCUT2D eigenvalue weighted by Crippen LogP contribution is 2.19. The van der Waals surface area contributed by atoms with E-state index in [9.17, 15) is 9.18 Å². The van der Waals surface area contributed by atoms with Crippen LogP contribution < -0.4 is 0 Å². The number of nitrogens with zero attached hydrogens (tertiary/aromatic N) is 1. The summed E-state index contributed by atoms with van der Waals surface area (Å²) < 4.78 is 19.2. The summed E-state index contributed by atoms with van der Waals surface area (Å²) in [5.41, 5.74) is 1.39. The van der Waals surface area contributed by atoms with Crippen molar-refractivity contribution in [3.8, 4) is 0 Å². The molecule has 5 heteroatoms. The maximum atomic E-state index is 13.3. The Bertz CT molecular complexity index is 722. The van der Waals surface area contributed by atoms with Crippen molar-refractivity contribution in [3.05, 3.63) is 70.5 Å². The van der Waals surface area contributed by atoms with E-state index in [0.717, 1.165) is 18.4 Å². The number of carbonyl (C=O) groups excluding carboxylic acids is 1. The predicted molar refractivity (Wildman–Crippen MR) is 91.6 cm³/mol. The van der Waals surface area contributed by atoms with Crippen LogP contribution in [0.15, 0.2) is 48.5 Å². The number of amides is 1. The second kappa shape index (κ2) is 7.77. The topological polar surface area (TPSA) is 29.5 Å². The zero-order valence-corrected chi connectivity index (χ0v) is 14.0. The second-order valence-corrected chi connectivity index (χ2v) is 6.40. The van der Waals surface area contributed by atoms with Crippen LogP contribution in [0.3, 0.4) is 0 Å². The molecule has 1 unspecified atom stereocenters. The summed E-state index contributed by atoms with van der Waals surface area (Å²) in [7, 11) is 0. The van der Waals surface area contributed by atoms with Crippen molar-refractivity contribution in [3.63, 3.8) is 0 Å². The third-order valence-corrected chi connectivity index (χ3v) is 4.35. The summed E-state index contributed by atoms with van der Waals surface area (Å²) >= 11 is 5.97. The van der Waals surface area contributed by atoms with Crippen LogP contribution in [-0.2, 0) is 11.3 Å². The Hall–Kier alpha value is -1.91. The van der Waals surface area contributed by atoms with E-state index >= 15 is 0 Å². The van der Waals surface area contributed by atoms with Crippen LogP contribution in [0.25, 0.3) is 0 Å². The van der Waals surface area contributed by atoms with Crippen LogP contribution in [0.4, 0.5) is 4.39 Å². The molecule has 0 aromatic heterocycles. The van der Waals surface area contributed by atoms with Gasteiger partial charge in [0.2, 0.25) is 0 Å². The third-order valence-electron chi connectivity index (χ3n) is 4.11. The van der Waals surface area contributed by atoms with E-state index < -0.39 is 5.82 Å². The van der Waals surface area contributed by atoms with Gasteiger partial charge in [0.1, 0.15) is 5.82 Å². The van der Waals surface area contributed by atoms with Gasteiger partial charge in [-0.05, 0) is 48.7 Å². The van der Waals surface area contributed by atoms with Crippen LogP contribution in [-0.4, -0.2) is 30.0 Å². The number of hydrogen-bond acceptors (Lipinski definition) is 2. The van der Waals surface area contributed by atoms with Crippen molar-refractivity contribution in [2.75, 3.05) is 13.1 Å². The fourth-order valence-corrected chi connectivity index (χ4v) is 3.12. The summed E-state index contributed by atoms with van der Waals surface area (Å²) in [6.07, 6.45) is 1.77. The molecule has 0 radical (unpaired) electrons. The summed E-state index contributed by atoms with van der Waals surface area (Å²) in [6, 6.07) is 13.4. The monoisotopic (exact) mass is 347 g/mol. The standard InChI is InChI=1S/C19H19ClFNO2/c20-16-6-1-4-14(10-16)13-24-18-8-3-9-22(12-18)19(23)15-5-2-7-17(21)11-15/h1-2,4-7,10-11,18H,3,8-9,12-13H2. The molecule has 3 nitrogen and oxygen atoms in total. The lowest BCUT2D eigenvalue weighted by Crippen LogP contribution is -2.43. The molecule has 0 N–H and O–H groups in total. The molecule has 1 heterocycles. The van der Waals surface area contributed by atoms with Gasteiger partial charge in [0.25, 0.3) is 5.91 Å². The summed E-state index contributed by atoms with van der Waals surface area (Å²) in [6.45, 7) is 1.66. The van der Waals surface area contributed by atoms with E-state index in [2.05, 4.69) is 0 Å². The molecule has 0 spiro atoms. The van der Waals surface area contributed by atoms with E-state index in [1.807, 2.05) is 24.3 Å². The Balaban J connectivity index is 1.59. The number of hydrogen-bond donors (Lipinski definition) is 0. The molecular weight excluding hydrogens is 329 g/mol. The first kappa shape index (κ1) is 16.9. The average molecular weight is 348 g/mol. The van der Waals surface area contributed by atoms with Crippen LogP contribution in [0.5, 0.6) is 0 Å². The Labute approximate surface area is 146 Å². The van der Waals surface area contributed by atoms with Gasteiger partial charge < -0.3 is 9.64 Å². The lowest BCUT2D eigenvalue weighted by molar-refractivity contribution is -0.00673. The molecule has 1 amide bonds. The zero-order valence-electron chi connectivity index (χ0n) is 13.3. The lowest BCUT2D eigenvalue weighted by Gasteiger charge is -2.32. The first-order chi connectivity index (χ1) is 11.6. The maximum absolute atomic E-state index is 13.3. The largest absolute Gasteiger partial charge is 0.372 e. The molecular formula is C19H19ClFNO2. The van der Waals surface area contributed by atoms with Crippen LogP contribution in [0.1, 0.15) is 28.8 Å². The molecule has 2 aromatic carbocycles. The van der Waals surface area contributed by atoms with E-state index in [0.29, 0.717) is 30.3 Å². The van der Waals surface area contributed by atoms with E-state index in [-0.39, 0.29) is 12.0 Å². The van der Waals surface area contributed by atoms with Crippen LogP contribution in [0.2, 0.25) is 5.02 Å². The molecule has 1 saturated heterocycles. The number of piperidine rings is 1. The summed E-state index contributed by atoms with van der Waals surface area (Å²) in [5, 5.41) is 0.683. The smallest absolute Gasteiger partial charge is 0.254 e. The first-order valence-electron chi connectivity index (χ1n) is 8.03. The molecule has 1 aliphatic heterocycles. The van der Waals surface area contributed by atoms with Gasteiger partial charge in [-0.2, -0.15) is 0 Å². The van der Waals surface area contributed by atoms with Crippen molar-refractivity contribution >= 4 is 17.5 Å². The minimum absolute atomic E-state index is 0.0183. The van der Waals surface area contributed by atoms with Gasteiger partial charge in [-0.1, -0.05) is 29.8 Å². The van der Waals surface area contributed by atoms with Gasteiger partial charge in [0.15, 0.2) is 0 Å². The van der Waals surface area contributed by atoms with Gasteiger partial charge in [-0.25, -0.2) is 4.39 Å². The molecule has 3 rings (SSSR count). The number of likely N-dealkylation sites (tertiary alicyclic amines) is 1. The van der Waals surface area contributed by atoms with Gasteiger partial charge in [0.05, 0.1) is 12.7 Å². The number of halogens is 2. The SMILES string of the molecule is O=C(c1cccc(F)c1)N1CCCC(OCc2cccc(Cl)c2)C1. The second-order valence-electron chi connectivity index (χ2n) is 5.97. The van der Waals surface area contributed by atoms with Crippen LogP contribution in [0, 0.1) is 5.82 Å². The molecule has 0 saturated carbocycles. The molecule has 126 valence electrons. The number of benzene rings is 2. The molecule has 1 aliphatic rings. The average Bonchev–Trinajstić information content (AvgIpc) is 2.60. The summed E-state index contributed by atoms with van der Waals surface area (Å²) in [5.74, 6) is -0.544. The number of carbonyl (C=O) groups is 1. The van der Waals surface area contributed by atoms with Crippen molar-refractivity contribution in [1.29, 1.82) is 0 Å². The zero-order chi connectivity index (χ0) is 16.9. The molecule has 0 bridgehead atoms. The van der Waals surface area contributed by atoms with Crippen LogP contribution >= 0.6 is 11.6 Å². The minimum Gasteiger partial charge on any atom is -0.372 e. The highest BCUT2D eigenvalue weighted by atomic mass is 35.5. The Kier molecular flexibility index (Phi) is 5.48. The van der Waals surface area contributed by atoms with Gasteiger partial charge in [-0.15, -0.1) is 0 Å². The van der Waals surface area contributed by atoms with E-state index in [4.69, 9.17) is 16.3 Å². The number of ether oxygens (including phenoxy) is 1. The van der Waals surface area contributed by atoms with Gasteiger partial charge in [-0.3, -0.25) is 4.79 Å². The molecule has 1 fully saturated rings. The van der Waals surface area contributed by atoms with Crippen molar-refractivity contribution in [1.82, 2.24) is 4.90 Å². The van der Waals surface area contributed by atoms with E-state index in [1.54, 1.807) is 17.0 Å². The van der Waals surface area contributed by atoms with Crippen molar-refractivity contribution < 1.29 is 13.9 Å².